The molecule has 1 heterocycles. The highest BCUT2D eigenvalue weighted by Gasteiger charge is 2.14. The van der Waals surface area contributed by atoms with Crippen LogP contribution < -0.4 is 10.6 Å². The highest BCUT2D eigenvalue weighted by Crippen LogP contribution is 2.05. The summed E-state index contributed by atoms with van der Waals surface area (Å²) in [7, 11) is 0. The van der Waals surface area contributed by atoms with Crippen molar-refractivity contribution in [3.63, 3.8) is 0 Å². The van der Waals surface area contributed by atoms with E-state index in [-0.39, 0.29) is 5.91 Å². The van der Waals surface area contributed by atoms with Crippen molar-refractivity contribution >= 4 is 12.1 Å². The zero-order chi connectivity index (χ0) is 9.68. The molecule has 0 fully saturated rings. The standard InChI is InChI=1S/C9H15N3O/c1-3-4-5-10-8-7(2)11-6-12-9(8)13/h5,11H,3-4,6H2,1-2H3,(H,12,13)/b10-5-. The van der Waals surface area contributed by atoms with Gasteiger partial charge in [-0.15, -0.1) is 0 Å². The van der Waals surface area contributed by atoms with E-state index in [2.05, 4.69) is 22.5 Å². The van der Waals surface area contributed by atoms with Gasteiger partial charge in [0.2, 0.25) is 0 Å². The molecule has 4 heteroatoms. The first-order valence-electron chi connectivity index (χ1n) is 4.51. The summed E-state index contributed by atoms with van der Waals surface area (Å²) in [6.45, 7) is 4.43. The number of nitrogens with zero attached hydrogens (tertiary/aromatic N) is 1. The molecule has 0 spiro atoms. The van der Waals surface area contributed by atoms with Gasteiger partial charge in [0.15, 0.2) is 0 Å². The Balaban J connectivity index is 2.68. The molecule has 0 unspecified atom stereocenters. The van der Waals surface area contributed by atoms with Gasteiger partial charge in [-0.05, 0) is 13.3 Å². The third-order valence-electron chi connectivity index (χ3n) is 1.81. The van der Waals surface area contributed by atoms with Gasteiger partial charge in [-0.2, -0.15) is 0 Å². The highest BCUT2D eigenvalue weighted by atomic mass is 16.2. The van der Waals surface area contributed by atoms with Crippen molar-refractivity contribution in [2.45, 2.75) is 26.7 Å². The van der Waals surface area contributed by atoms with Gasteiger partial charge in [-0.3, -0.25) is 9.79 Å². The molecule has 0 aromatic carbocycles. The van der Waals surface area contributed by atoms with Gasteiger partial charge in [-0.1, -0.05) is 13.3 Å². The van der Waals surface area contributed by atoms with E-state index in [1.54, 1.807) is 6.21 Å². The lowest BCUT2D eigenvalue weighted by Gasteiger charge is -2.16. The van der Waals surface area contributed by atoms with Crippen LogP contribution in [-0.4, -0.2) is 18.8 Å². The highest BCUT2D eigenvalue weighted by molar-refractivity contribution is 5.95. The predicted octanol–water partition coefficient (Wildman–Crippen LogP) is 0.766. The van der Waals surface area contributed by atoms with Crippen molar-refractivity contribution in [1.82, 2.24) is 10.6 Å². The van der Waals surface area contributed by atoms with Crippen LogP contribution >= 0.6 is 0 Å². The Kier molecular flexibility index (Phi) is 3.49. The van der Waals surface area contributed by atoms with Crippen LogP contribution in [-0.2, 0) is 4.79 Å². The quantitative estimate of drug-likeness (QED) is 0.632. The van der Waals surface area contributed by atoms with E-state index in [9.17, 15) is 4.79 Å². The van der Waals surface area contributed by atoms with Crippen molar-refractivity contribution in [1.29, 1.82) is 0 Å². The molecule has 1 aliphatic rings. The second-order valence-electron chi connectivity index (χ2n) is 2.93. The fourth-order valence-corrected chi connectivity index (χ4v) is 1.04. The van der Waals surface area contributed by atoms with E-state index in [4.69, 9.17) is 0 Å². The van der Waals surface area contributed by atoms with Crippen LogP contribution in [0.1, 0.15) is 26.7 Å². The summed E-state index contributed by atoms with van der Waals surface area (Å²) < 4.78 is 0. The monoisotopic (exact) mass is 181 g/mol. The van der Waals surface area contributed by atoms with Crippen LogP contribution in [0.15, 0.2) is 16.4 Å². The summed E-state index contributed by atoms with van der Waals surface area (Å²) in [5, 5.41) is 5.69. The molecular formula is C9H15N3O. The summed E-state index contributed by atoms with van der Waals surface area (Å²) in [6.07, 6.45) is 3.74. The van der Waals surface area contributed by atoms with Gasteiger partial charge in [0.25, 0.3) is 5.91 Å². The number of carbonyl (C=O) groups is 1. The van der Waals surface area contributed by atoms with Crippen molar-refractivity contribution in [2.75, 3.05) is 6.67 Å². The molecule has 0 aromatic heterocycles. The molecule has 13 heavy (non-hydrogen) atoms. The smallest absolute Gasteiger partial charge is 0.273 e. The Morgan fingerprint density at radius 2 is 2.31 bits per heavy atom. The van der Waals surface area contributed by atoms with Crippen molar-refractivity contribution in [3.8, 4) is 0 Å². The fourth-order valence-electron chi connectivity index (χ4n) is 1.04. The first kappa shape index (κ1) is 9.77. The van der Waals surface area contributed by atoms with E-state index in [0.29, 0.717) is 12.4 Å². The van der Waals surface area contributed by atoms with Crippen molar-refractivity contribution in [3.05, 3.63) is 11.4 Å². The molecule has 0 saturated heterocycles. The van der Waals surface area contributed by atoms with Crippen LogP contribution in [0.25, 0.3) is 0 Å². The van der Waals surface area contributed by atoms with Gasteiger partial charge in [0.1, 0.15) is 5.70 Å². The summed E-state index contributed by atoms with van der Waals surface area (Å²) in [6, 6.07) is 0. The molecule has 0 saturated carbocycles. The molecule has 0 bridgehead atoms. The summed E-state index contributed by atoms with van der Waals surface area (Å²) >= 11 is 0. The molecule has 1 amide bonds. The Bertz CT molecular complexity index is 256. The van der Waals surface area contributed by atoms with Crippen molar-refractivity contribution < 1.29 is 4.79 Å². The number of rotatable bonds is 3. The average molecular weight is 181 g/mol. The second kappa shape index (κ2) is 4.64. The predicted molar refractivity (Wildman–Crippen MR) is 52.2 cm³/mol. The summed E-state index contributed by atoms with van der Waals surface area (Å²) in [5.41, 5.74) is 1.34. The van der Waals surface area contributed by atoms with Crippen LogP contribution in [0.2, 0.25) is 0 Å². The number of allylic oxidation sites excluding steroid dienone is 1. The maximum Gasteiger partial charge on any atom is 0.273 e. The average Bonchev–Trinajstić information content (AvgIpc) is 2.10. The topological polar surface area (TPSA) is 53.5 Å². The minimum atomic E-state index is -0.0939. The molecule has 2 N–H and O–H groups in total. The lowest BCUT2D eigenvalue weighted by Crippen LogP contribution is -2.39. The van der Waals surface area contributed by atoms with Crippen LogP contribution in [0.3, 0.4) is 0 Å². The summed E-state index contributed by atoms with van der Waals surface area (Å²) in [5.74, 6) is -0.0939. The van der Waals surface area contributed by atoms with E-state index < -0.39 is 0 Å². The molecule has 72 valence electrons. The zero-order valence-electron chi connectivity index (χ0n) is 8.05. The normalized spacial score (nSPS) is 17.5. The first-order chi connectivity index (χ1) is 6.25. The third-order valence-corrected chi connectivity index (χ3v) is 1.81. The second-order valence-corrected chi connectivity index (χ2v) is 2.93. The Labute approximate surface area is 78.1 Å². The maximum atomic E-state index is 11.3. The fraction of sp³-hybridized carbons (Fsp3) is 0.556. The molecule has 0 aliphatic carbocycles. The lowest BCUT2D eigenvalue weighted by atomic mass is 10.3. The number of unbranched alkanes of at least 4 members (excludes halogenated alkanes) is 1. The Morgan fingerprint density at radius 1 is 1.54 bits per heavy atom. The van der Waals surface area contributed by atoms with E-state index in [1.165, 1.54) is 0 Å². The Hall–Kier alpha value is -1.32. The van der Waals surface area contributed by atoms with Crippen LogP contribution in [0.5, 0.6) is 0 Å². The number of aliphatic imine (C=N–C) groups is 1. The molecule has 0 radical (unpaired) electrons. The largest absolute Gasteiger partial charge is 0.370 e. The number of hydrogen-bond acceptors (Lipinski definition) is 3. The number of hydrogen-bond donors (Lipinski definition) is 2. The first-order valence-corrected chi connectivity index (χ1v) is 4.51. The van der Waals surface area contributed by atoms with Crippen LogP contribution in [0.4, 0.5) is 0 Å². The molecular weight excluding hydrogens is 166 g/mol. The SMILES string of the molecule is CCC/C=N\C1=C(C)NCNC1=O. The van der Waals surface area contributed by atoms with Gasteiger partial charge in [0.05, 0.1) is 6.67 Å². The van der Waals surface area contributed by atoms with Gasteiger partial charge >= 0.3 is 0 Å². The van der Waals surface area contributed by atoms with E-state index in [0.717, 1.165) is 18.5 Å². The Morgan fingerprint density at radius 3 is 2.92 bits per heavy atom. The number of nitrogens with one attached hydrogen (secondary N) is 2. The minimum Gasteiger partial charge on any atom is -0.370 e. The maximum absolute atomic E-state index is 11.3. The molecule has 0 aromatic rings. The molecule has 4 nitrogen and oxygen atoms in total. The minimum absolute atomic E-state index is 0.0939. The lowest BCUT2D eigenvalue weighted by molar-refractivity contribution is -0.118. The van der Waals surface area contributed by atoms with Gasteiger partial charge in [0, 0.05) is 11.9 Å². The summed E-state index contributed by atoms with van der Waals surface area (Å²) in [4.78, 5) is 15.4. The van der Waals surface area contributed by atoms with Crippen molar-refractivity contribution in [2.24, 2.45) is 4.99 Å². The number of carbonyl (C=O) groups excluding carboxylic acids is 1. The van der Waals surface area contributed by atoms with Gasteiger partial charge < -0.3 is 10.6 Å². The van der Waals surface area contributed by atoms with Gasteiger partial charge in [-0.25, -0.2) is 0 Å². The molecule has 1 aliphatic heterocycles. The van der Waals surface area contributed by atoms with Crippen LogP contribution in [0, 0.1) is 0 Å². The van der Waals surface area contributed by atoms with E-state index >= 15 is 0 Å². The molecule has 0 atom stereocenters. The number of amides is 1. The third kappa shape index (κ3) is 2.57. The molecule has 1 rings (SSSR count). The zero-order valence-corrected chi connectivity index (χ0v) is 8.05. The van der Waals surface area contributed by atoms with E-state index in [1.807, 2.05) is 6.92 Å².